The Morgan fingerprint density at radius 3 is 2.60 bits per heavy atom. The van der Waals surface area contributed by atoms with E-state index >= 15 is 0 Å². The van der Waals surface area contributed by atoms with Crippen LogP contribution < -0.4 is 9.64 Å². The topological polar surface area (TPSA) is 101 Å². The summed E-state index contributed by atoms with van der Waals surface area (Å²) in [4.78, 5) is 27.6. The molecule has 1 heterocycles. The van der Waals surface area contributed by atoms with Crippen molar-refractivity contribution in [2.75, 3.05) is 23.8 Å². The lowest BCUT2D eigenvalue weighted by atomic mass is 9.84. The number of carbonyl (C=O) groups is 2. The molecule has 4 rings (SSSR count). The van der Waals surface area contributed by atoms with Crippen LogP contribution in [0.1, 0.15) is 65.1 Å². The molecule has 1 aliphatic heterocycles. The number of carbonyl (C=O) groups excluding carboxylic acids is 2. The van der Waals surface area contributed by atoms with Crippen molar-refractivity contribution in [1.82, 2.24) is 0 Å². The molecule has 1 amide bonds. The summed E-state index contributed by atoms with van der Waals surface area (Å²) in [6.07, 6.45) is 2.62. The lowest BCUT2D eigenvalue weighted by Crippen LogP contribution is -2.37. The molecule has 40 heavy (non-hydrogen) atoms. The van der Waals surface area contributed by atoms with Crippen LogP contribution in [-0.2, 0) is 21.3 Å². The molecular weight excluding hydrogens is 550 g/mol. The summed E-state index contributed by atoms with van der Waals surface area (Å²) in [5.41, 5.74) is 4.46. The van der Waals surface area contributed by atoms with Crippen LogP contribution in [0.3, 0.4) is 0 Å². The van der Waals surface area contributed by atoms with Crippen LogP contribution in [0, 0.1) is 6.92 Å². The number of ketones is 1. The van der Waals surface area contributed by atoms with Crippen molar-refractivity contribution in [3.63, 3.8) is 0 Å². The molecule has 0 fully saturated rings. The van der Waals surface area contributed by atoms with Gasteiger partial charge in [0.15, 0.2) is 5.78 Å². The summed E-state index contributed by atoms with van der Waals surface area (Å²) in [6, 6.07) is 20.9. The fraction of sp³-hybridized carbons (Fsp3) is 0.355. The van der Waals surface area contributed by atoms with Gasteiger partial charge in [-0.1, -0.05) is 54.1 Å². The van der Waals surface area contributed by atoms with Gasteiger partial charge in [0.2, 0.25) is 5.91 Å². The van der Waals surface area contributed by atoms with E-state index in [0.29, 0.717) is 36.6 Å². The molecule has 1 atom stereocenters. The number of ether oxygens (including phenoxy) is 1. The van der Waals surface area contributed by atoms with Gasteiger partial charge < -0.3 is 9.64 Å². The number of Topliss-reactive ketones (excluding diaryl/α,β-unsaturated/α-hetero) is 1. The van der Waals surface area contributed by atoms with Crippen molar-refractivity contribution in [3.8, 4) is 5.75 Å². The van der Waals surface area contributed by atoms with E-state index in [2.05, 4.69) is 6.07 Å². The van der Waals surface area contributed by atoms with Gasteiger partial charge in [-0.25, -0.2) is 0 Å². The molecule has 212 valence electrons. The Morgan fingerprint density at radius 1 is 1.02 bits per heavy atom. The van der Waals surface area contributed by atoms with Crippen LogP contribution in [-0.4, -0.2) is 43.6 Å². The maximum absolute atomic E-state index is 13.2. The highest BCUT2D eigenvalue weighted by atomic mass is 35.5. The van der Waals surface area contributed by atoms with Gasteiger partial charge in [0.1, 0.15) is 5.75 Å². The number of anilines is 1. The average Bonchev–Trinajstić information content (AvgIpc) is 2.92. The van der Waals surface area contributed by atoms with Crippen molar-refractivity contribution in [2.24, 2.45) is 0 Å². The average molecular weight is 584 g/mol. The molecule has 1 unspecified atom stereocenters. The fourth-order valence-corrected chi connectivity index (χ4v) is 5.79. The van der Waals surface area contributed by atoms with E-state index in [1.165, 1.54) is 0 Å². The number of halogens is 1. The molecular formula is C31H34ClNO6S. The molecule has 0 radical (unpaired) electrons. The van der Waals surface area contributed by atoms with Crippen LogP contribution in [0.15, 0.2) is 66.7 Å². The monoisotopic (exact) mass is 583 g/mol. The Bertz CT molecular complexity index is 1470. The summed E-state index contributed by atoms with van der Waals surface area (Å²) in [5, 5.41) is 0.655. The van der Waals surface area contributed by atoms with E-state index in [0.717, 1.165) is 41.0 Å². The number of fused-ring (bicyclic) bond motifs is 1. The Morgan fingerprint density at radius 2 is 1.80 bits per heavy atom. The van der Waals surface area contributed by atoms with Gasteiger partial charge in [-0.3, -0.25) is 14.1 Å². The minimum Gasteiger partial charge on any atom is -0.493 e. The predicted molar refractivity (Wildman–Crippen MR) is 157 cm³/mol. The molecule has 1 aliphatic rings. The number of rotatable bonds is 12. The first-order chi connectivity index (χ1) is 19.1. The number of benzene rings is 3. The van der Waals surface area contributed by atoms with E-state index in [1.807, 2.05) is 66.4 Å². The standard InChI is InChI=1S/C31H34ClNO6S/c1-22-27(32)11-5-14-30(22)39-18-6-15-31(35)33-17-16-24(26-10-2-3-12-28(26)33)20-23-8-4-9-25(21-23)29(34)13-7-19-40(36,37)38/h2-5,8-12,14,21,24H,6-7,13,15-20H2,1H3,(H,36,37,38). The number of hydrogen-bond acceptors (Lipinski definition) is 5. The number of amides is 1. The first kappa shape index (κ1) is 29.8. The first-order valence-corrected chi connectivity index (χ1v) is 15.5. The Hall–Kier alpha value is -3.20. The molecule has 0 saturated carbocycles. The normalized spacial score (nSPS) is 15.0. The maximum atomic E-state index is 13.2. The smallest absolute Gasteiger partial charge is 0.264 e. The van der Waals surface area contributed by atoms with Gasteiger partial charge >= 0.3 is 0 Å². The summed E-state index contributed by atoms with van der Waals surface area (Å²) in [7, 11) is -4.08. The van der Waals surface area contributed by atoms with Gasteiger partial charge in [-0.05, 0) is 73.9 Å². The van der Waals surface area contributed by atoms with Crippen LogP contribution >= 0.6 is 11.6 Å². The second-order valence-corrected chi connectivity index (χ2v) is 12.1. The van der Waals surface area contributed by atoms with Crippen LogP contribution in [0.4, 0.5) is 5.69 Å². The lowest BCUT2D eigenvalue weighted by Gasteiger charge is -2.34. The second kappa shape index (κ2) is 13.4. The summed E-state index contributed by atoms with van der Waals surface area (Å²) >= 11 is 6.16. The Kier molecular flexibility index (Phi) is 10.0. The van der Waals surface area contributed by atoms with Gasteiger partial charge in [0.05, 0.1) is 12.4 Å². The van der Waals surface area contributed by atoms with Crippen molar-refractivity contribution < 1.29 is 27.3 Å². The summed E-state index contributed by atoms with van der Waals surface area (Å²) in [6.45, 7) is 2.95. The SMILES string of the molecule is Cc1c(Cl)cccc1OCCCC(=O)N1CCC(Cc2cccc(C(=O)CCCS(=O)(=O)O)c2)c2ccccc21. The molecule has 9 heteroatoms. The molecule has 0 spiro atoms. The van der Waals surface area contributed by atoms with E-state index in [1.54, 1.807) is 6.07 Å². The van der Waals surface area contributed by atoms with E-state index in [9.17, 15) is 18.0 Å². The molecule has 3 aromatic rings. The quantitative estimate of drug-likeness (QED) is 0.150. The number of nitrogens with zero attached hydrogens (tertiary/aromatic N) is 1. The summed E-state index contributed by atoms with van der Waals surface area (Å²) in [5.74, 6) is 0.408. The van der Waals surface area contributed by atoms with Gasteiger partial charge in [-0.15, -0.1) is 0 Å². The second-order valence-electron chi connectivity index (χ2n) is 10.1. The highest BCUT2D eigenvalue weighted by Crippen LogP contribution is 2.37. The third-order valence-electron chi connectivity index (χ3n) is 7.22. The lowest BCUT2D eigenvalue weighted by molar-refractivity contribution is -0.118. The molecule has 0 aromatic heterocycles. The Labute approximate surface area is 240 Å². The molecule has 7 nitrogen and oxygen atoms in total. The van der Waals surface area contributed by atoms with Crippen molar-refractivity contribution in [1.29, 1.82) is 0 Å². The molecule has 3 aromatic carbocycles. The minimum absolute atomic E-state index is 0.0519. The van der Waals surface area contributed by atoms with Crippen LogP contribution in [0.5, 0.6) is 5.75 Å². The highest BCUT2D eigenvalue weighted by Gasteiger charge is 2.28. The molecule has 0 aliphatic carbocycles. The number of hydrogen-bond donors (Lipinski definition) is 1. The summed E-state index contributed by atoms with van der Waals surface area (Å²) < 4.78 is 36.6. The minimum atomic E-state index is -4.08. The van der Waals surface area contributed by atoms with Gasteiger partial charge in [0.25, 0.3) is 10.1 Å². The van der Waals surface area contributed by atoms with Gasteiger partial charge in [0, 0.05) is 41.2 Å². The largest absolute Gasteiger partial charge is 0.493 e. The van der Waals surface area contributed by atoms with Crippen molar-refractivity contribution in [2.45, 2.75) is 51.4 Å². The van der Waals surface area contributed by atoms with Gasteiger partial charge in [-0.2, -0.15) is 8.42 Å². The molecule has 0 bridgehead atoms. The fourth-order valence-electron chi connectivity index (χ4n) is 5.11. The van der Waals surface area contributed by atoms with E-state index < -0.39 is 15.9 Å². The van der Waals surface area contributed by atoms with E-state index in [4.69, 9.17) is 20.9 Å². The van der Waals surface area contributed by atoms with Crippen molar-refractivity contribution in [3.05, 3.63) is 94.0 Å². The zero-order chi connectivity index (χ0) is 28.7. The van der Waals surface area contributed by atoms with E-state index in [-0.39, 0.29) is 30.4 Å². The highest BCUT2D eigenvalue weighted by molar-refractivity contribution is 7.85. The predicted octanol–water partition coefficient (Wildman–Crippen LogP) is 6.42. The third-order valence-corrected chi connectivity index (χ3v) is 8.43. The number of para-hydroxylation sites is 1. The maximum Gasteiger partial charge on any atom is 0.264 e. The zero-order valence-corrected chi connectivity index (χ0v) is 24.1. The Balaban J connectivity index is 1.36. The molecule has 1 N–H and O–H groups in total. The van der Waals surface area contributed by atoms with Crippen LogP contribution in [0.25, 0.3) is 0 Å². The van der Waals surface area contributed by atoms with Crippen LogP contribution in [0.2, 0.25) is 5.02 Å². The molecule has 0 saturated heterocycles. The zero-order valence-electron chi connectivity index (χ0n) is 22.5. The third kappa shape index (κ3) is 7.93. The first-order valence-electron chi connectivity index (χ1n) is 13.5. The van der Waals surface area contributed by atoms with Crippen molar-refractivity contribution >= 4 is 39.1 Å².